The minimum atomic E-state index is -1.15. The van der Waals surface area contributed by atoms with E-state index in [0.717, 1.165) is 0 Å². The monoisotopic (exact) mass is 330 g/mol. The lowest BCUT2D eigenvalue weighted by atomic mass is 10.0. The van der Waals surface area contributed by atoms with Crippen LogP contribution in [0.4, 0.5) is 0 Å². The number of aromatic nitrogens is 4. The molecule has 0 radical (unpaired) electrons. The first kappa shape index (κ1) is 15.5. The SMILES string of the molecule is COc1c(C(=O)O)cc(-c2cnc3nncn3c2)c(OC)c1OC. The topological polar surface area (TPSA) is 108 Å². The molecule has 0 aliphatic heterocycles. The van der Waals surface area contributed by atoms with Crippen molar-refractivity contribution in [2.24, 2.45) is 0 Å². The smallest absolute Gasteiger partial charge is 0.339 e. The average molecular weight is 330 g/mol. The van der Waals surface area contributed by atoms with Gasteiger partial charge in [0.2, 0.25) is 5.75 Å². The number of fused-ring (bicyclic) bond motifs is 1. The summed E-state index contributed by atoms with van der Waals surface area (Å²) >= 11 is 0. The molecule has 9 heteroatoms. The van der Waals surface area contributed by atoms with Gasteiger partial charge in [-0.1, -0.05) is 0 Å². The summed E-state index contributed by atoms with van der Waals surface area (Å²) in [6, 6.07) is 1.45. The summed E-state index contributed by atoms with van der Waals surface area (Å²) in [5, 5.41) is 17.1. The maximum atomic E-state index is 11.6. The van der Waals surface area contributed by atoms with Crippen molar-refractivity contribution in [1.29, 1.82) is 0 Å². The highest BCUT2D eigenvalue weighted by atomic mass is 16.5. The molecular formula is C15H14N4O5. The van der Waals surface area contributed by atoms with Crippen LogP contribution in [0.2, 0.25) is 0 Å². The van der Waals surface area contributed by atoms with E-state index in [9.17, 15) is 9.90 Å². The number of carboxylic acid groups (broad SMARTS) is 1. The van der Waals surface area contributed by atoms with Gasteiger partial charge in [0.05, 0.1) is 21.3 Å². The van der Waals surface area contributed by atoms with Gasteiger partial charge in [-0.25, -0.2) is 9.78 Å². The molecule has 9 nitrogen and oxygen atoms in total. The molecule has 0 aliphatic rings. The van der Waals surface area contributed by atoms with Crippen LogP contribution in [0.15, 0.2) is 24.8 Å². The van der Waals surface area contributed by atoms with Crippen molar-refractivity contribution < 1.29 is 24.1 Å². The van der Waals surface area contributed by atoms with Crippen molar-refractivity contribution in [3.8, 4) is 28.4 Å². The molecule has 1 N–H and O–H groups in total. The van der Waals surface area contributed by atoms with Crippen molar-refractivity contribution in [3.63, 3.8) is 0 Å². The molecule has 2 aromatic heterocycles. The number of hydrogen-bond donors (Lipinski definition) is 1. The third-order valence-electron chi connectivity index (χ3n) is 3.50. The molecule has 0 fully saturated rings. The lowest BCUT2D eigenvalue weighted by Crippen LogP contribution is -2.05. The number of methoxy groups -OCH3 is 3. The van der Waals surface area contributed by atoms with E-state index in [0.29, 0.717) is 22.7 Å². The highest BCUT2D eigenvalue weighted by molar-refractivity contribution is 5.96. The van der Waals surface area contributed by atoms with Gasteiger partial charge in [-0.15, -0.1) is 10.2 Å². The quantitative estimate of drug-likeness (QED) is 0.750. The first-order valence-corrected chi connectivity index (χ1v) is 6.82. The molecule has 0 saturated heterocycles. The van der Waals surface area contributed by atoms with E-state index in [1.54, 1.807) is 16.8 Å². The highest BCUT2D eigenvalue weighted by Crippen LogP contribution is 2.46. The Morgan fingerprint density at radius 1 is 1.12 bits per heavy atom. The van der Waals surface area contributed by atoms with Crippen molar-refractivity contribution in [2.75, 3.05) is 21.3 Å². The van der Waals surface area contributed by atoms with E-state index in [-0.39, 0.29) is 17.1 Å². The van der Waals surface area contributed by atoms with Crippen LogP contribution in [-0.2, 0) is 0 Å². The zero-order valence-electron chi connectivity index (χ0n) is 13.2. The van der Waals surface area contributed by atoms with Crippen LogP contribution in [0.5, 0.6) is 17.2 Å². The molecule has 0 atom stereocenters. The van der Waals surface area contributed by atoms with Crippen molar-refractivity contribution in [3.05, 3.63) is 30.4 Å². The summed E-state index contributed by atoms with van der Waals surface area (Å²) in [6.45, 7) is 0. The molecule has 3 aromatic rings. The Kier molecular flexibility index (Phi) is 3.90. The molecular weight excluding hydrogens is 316 g/mol. The number of ether oxygens (including phenoxy) is 3. The molecule has 0 unspecified atom stereocenters. The van der Waals surface area contributed by atoms with E-state index in [4.69, 9.17) is 14.2 Å². The van der Waals surface area contributed by atoms with E-state index in [2.05, 4.69) is 15.2 Å². The minimum Gasteiger partial charge on any atom is -0.492 e. The van der Waals surface area contributed by atoms with Gasteiger partial charge >= 0.3 is 5.97 Å². The molecule has 1 aromatic carbocycles. The Morgan fingerprint density at radius 3 is 2.46 bits per heavy atom. The van der Waals surface area contributed by atoms with Crippen molar-refractivity contribution in [2.45, 2.75) is 0 Å². The maximum absolute atomic E-state index is 11.6. The fourth-order valence-electron chi connectivity index (χ4n) is 2.46. The van der Waals surface area contributed by atoms with E-state index in [1.807, 2.05) is 0 Å². The predicted molar refractivity (Wildman–Crippen MR) is 82.8 cm³/mol. The van der Waals surface area contributed by atoms with Gasteiger partial charge in [-0.2, -0.15) is 0 Å². The van der Waals surface area contributed by atoms with Crippen LogP contribution in [-0.4, -0.2) is 52.0 Å². The zero-order chi connectivity index (χ0) is 17.3. The summed E-state index contributed by atoms with van der Waals surface area (Å²) in [4.78, 5) is 15.8. The van der Waals surface area contributed by atoms with E-state index >= 15 is 0 Å². The molecule has 0 aliphatic carbocycles. The van der Waals surface area contributed by atoms with Crippen LogP contribution in [0, 0.1) is 0 Å². The second-order valence-corrected chi connectivity index (χ2v) is 4.76. The van der Waals surface area contributed by atoms with Gasteiger partial charge in [0.1, 0.15) is 11.9 Å². The lowest BCUT2D eigenvalue weighted by Gasteiger charge is -2.18. The third-order valence-corrected chi connectivity index (χ3v) is 3.50. The Bertz CT molecular complexity index is 922. The molecule has 24 heavy (non-hydrogen) atoms. The second kappa shape index (κ2) is 6.03. The van der Waals surface area contributed by atoms with Crippen LogP contribution in [0.3, 0.4) is 0 Å². The maximum Gasteiger partial charge on any atom is 0.339 e. The molecule has 0 bridgehead atoms. The van der Waals surface area contributed by atoms with E-state index in [1.165, 1.54) is 33.7 Å². The Morgan fingerprint density at radius 2 is 1.83 bits per heavy atom. The number of benzene rings is 1. The van der Waals surface area contributed by atoms with Gasteiger partial charge in [0, 0.05) is 23.5 Å². The summed E-state index contributed by atoms with van der Waals surface area (Å²) in [5.74, 6) is -0.0969. The second-order valence-electron chi connectivity index (χ2n) is 4.76. The Hall–Kier alpha value is -3.36. The molecule has 3 rings (SSSR count). The first-order valence-electron chi connectivity index (χ1n) is 6.82. The van der Waals surface area contributed by atoms with Gasteiger partial charge in [-0.05, 0) is 6.07 Å². The molecule has 0 spiro atoms. The number of carboxylic acids is 1. The first-order chi connectivity index (χ1) is 11.6. The summed E-state index contributed by atoms with van der Waals surface area (Å²) in [7, 11) is 4.25. The van der Waals surface area contributed by atoms with Gasteiger partial charge in [0.25, 0.3) is 5.78 Å². The van der Waals surface area contributed by atoms with Crippen molar-refractivity contribution >= 4 is 11.7 Å². The predicted octanol–water partition coefficient (Wildman–Crippen LogP) is 1.52. The summed E-state index contributed by atoms with van der Waals surface area (Å²) in [5.41, 5.74) is 1.06. The highest BCUT2D eigenvalue weighted by Gasteiger charge is 2.25. The third kappa shape index (κ3) is 2.35. The van der Waals surface area contributed by atoms with Crippen LogP contribution in [0.1, 0.15) is 10.4 Å². The number of nitrogens with zero attached hydrogens (tertiary/aromatic N) is 4. The summed E-state index contributed by atoms with van der Waals surface area (Å²) < 4.78 is 17.6. The van der Waals surface area contributed by atoms with Gasteiger partial charge < -0.3 is 19.3 Å². The summed E-state index contributed by atoms with van der Waals surface area (Å²) in [6.07, 6.45) is 4.77. The fraction of sp³-hybridized carbons (Fsp3) is 0.200. The lowest BCUT2D eigenvalue weighted by molar-refractivity contribution is 0.0692. The zero-order valence-corrected chi connectivity index (χ0v) is 13.2. The van der Waals surface area contributed by atoms with Crippen LogP contribution in [0.25, 0.3) is 16.9 Å². The van der Waals surface area contributed by atoms with Crippen LogP contribution >= 0.6 is 0 Å². The van der Waals surface area contributed by atoms with Crippen molar-refractivity contribution in [1.82, 2.24) is 19.6 Å². The number of carbonyl (C=O) groups is 1. The Labute approximate surface area is 136 Å². The number of aromatic carboxylic acids is 1. The van der Waals surface area contributed by atoms with E-state index < -0.39 is 5.97 Å². The number of hydrogen-bond acceptors (Lipinski definition) is 7. The normalized spacial score (nSPS) is 10.6. The molecule has 124 valence electrons. The minimum absolute atomic E-state index is 0.0472. The van der Waals surface area contributed by atoms with Gasteiger partial charge in [0.15, 0.2) is 11.5 Å². The fourth-order valence-corrected chi connectivity index (χ4v) is 2.46. The number of rotatable bonds is 5. The Balaban J connectivity index is 2.32. The molecule has 2 heterocycles. The van der Waals surface area contributed by atoms with Gasteiger partial charge in [-0.3, -0.25) is 4.40 Å². The van der Waals surface area contributed by atoms with Crippen LogP contribution < -0.4 is 14.2 Å². The standard InChI is InChI=1S/C15H14N4O5/c1-22-11-9(8-5-16-15-18-17-7-19(15)6-8)4-10(14(20)21)12(23-2)13(11)24-3/h4-7H,1-3H3,(H,20,21). The molecule has 0 amide bonds. The molecule has 0 saturated carbocycles. The largest absolute Gasteiger partial charge is 0.492 e. The average Bonchev–Trinajstić information content (AvgIpc) is 3.06.